The summed E-state index contributed by atoms with van der Waals surface area (Å²) in [4.78, 5) is 0. The van der Waals surface area contributed by atoms with Crippen LogP contribution in [-0.2, 0) is 4.74 Å². The highest BCUT2D eigenvalue weighted by atomic mass is 19.1. The summed E-state index contributed by atoms with van der Waals surface area (Å²) in [5, 5.41) is 3.56. The van der Waals surface area contributed by atoms with Crippen molar-refractivity contribution in [1.82, 2.24) is 5.32 Å². The maximum absolute atomic E-state index is 13.6. The topological polar surface area (TPSA) is 30.5 Å². The molecule has 1 unspecified atom stereocenters. The molecule has 0 spiro atoms. The van der Waals surface area contributed by atoms with Crippen LogP contribution in [0.25, 0.3) is 0 Å². The Labute approximate surface area is 120 Å². The minimum Gasteiger partial charge on any atom is -0.496 e. The third-order valence-corrected chi connectivity index (χ3v) is 3.88. The lowest BCUT2D eigenvalue weighted by atomic mass is 9.86. The zero-order chi connectivity index (χ0) is 14.4. The molecule has 1 aromatic carbocycles. The molecule has 1 aromatic rings. The van der Waals surface area contributed by atoms with Gasteiger partial charge in [0.1, 0.15) is 11.6 Å². The van der Waals surface area contributed by atoms with Gasteiger partial charge in [0.2, 0.25) is 0 Å². The van der Waals surface area contributed by atoms with Gasteiger partial charge in [-0.25, -0.2) is 4.39 Å². The molecule has 2 rings (SSSR count). The summed E-state index contributed by atoms with van der Waals surface area (Å²) in [6.07, 6.45) is 3.06. The first-order chi connectivity index (χ1) is 9.76. The van der Waals surface area contributed by atoms with E-state index in [4.69, 9.17) is 9.47 Å². The van der Waals surface area contributed by atoms with Gasteiger partial charge in [0, 0.05) is 24.8 Å². The Balaban J connectivity index is 2.26. The van der Waals surface area contributed by atoms with Crippen LogP contribution >= 0.6 is 0 Å². The van der Waals surface area contributed by atoms with Crippen molar-refractivity contribution < 1.29 is 13.9 Å². The molecule has 1 aliphatic heterocycles. The molecule has 1 atom stereocenters. The molecule has 1 N–H and O–H groups in total. The molecule has 0 saturated carbocycles. The first kappa shape index (κ1) is 15.3. The Morgan fingerprint density at radius 2 is 2.15 bits per heavy atom. The molecule has 0 aromatic heterocycles. The molecule has 20 heavy (non-hydrogen) atoms. The van der Waals surface area contributed by atoms with Crippen molar-refractivity contribution in [3.8, 4) is 5.75 Å². The van der Waals surface area contributed by atoms with Crippen molar-refractivity contribution >= 4 is 0 Å². The van der Waals surface area contributed by atoms with Crippen LogP contribution in [0.3, 0.4) is 0 Å². The fourth-order valence-corrected chi connectivity index (χ4v) is 2.83. The van der Waals surface area contributed by atoms with Gasteiger partial charge in [-0.1, -0.05) is 6.92 Å². The maximum Gasteiger partial charge on any atom is 0.123 e. The van der Waals surface area contributed by atoms with E-state index in [0.717, 1.165) is 50.3 Å². The van der Waals surface area contributed by atoms with Crippen LogP contribution in [0.2, 0.25) is 0 Å². The zero-order valence-corrected chi connectivity index (χ0v) is 12.3. The number of halogens is 1. The van der Waals surface area contributed by atoms with Crippen molar-refractivity contribution in [3.63, 3.8) is 0 Å². The van der Waals surface area contributed by atoms with E-state index in [0.29, 0.717) is 5.92 Å². The summed E-state index contributed by atoms with van der Waals surface area (Å²) in [5.74, 6) is 1.01. The van der Waals surface area contributed by atoms with Crippen LogP contribution in [0.15, 0.2) is 18.2 Å². The normalized spacial score (nSPS) is 17.9. The van der Waals surface area contributed by atoms with Crippen LogP contribution in [0.5, 0.6) is 5.75 Å². The van der Waals surface area contributed by atoms with Gasteiger partial charge < -0.3 is 14.8 Å². The molecule has 1 fully saturated rings. The van der Waals surface area contributed by atoms with Gasteiger partial charge in [0.05, 0.1) is 7.11 Å². The molecule has 1 aliphatic rings. The summed E-state index contributed by atoms with van der Waals surface area (Å²) in [7, 11) is 1.64. The molecule has 1 heterocycles. The first-order valence-corrected chi connectivity index (χ1v) is 7.40. The number of hydrogen-bond acceptors (Lipinski definition) is 3. The molecule has 0 aliphatic carbocycles. The van der Waals surface area contributed by atoms with Gasteiger partial charge in [-0.2, -0.15) is 0 Å². The number of ether oxygens (including phenoxy) is 2. The average Bonchev–Trinajstić information content (AvgIpc) is 2.49. The predicted octanol–water partition coefficient (Wildman–Crippen LogP) is 3.30. The van der Waals surface area contributed by atoms with Crippen LogP contribution in [-0.4, -0.2) is 26.9 Å². The number of benzene rings is 1. The molecule has 112 valence electrons. The van der Waals surface area contributed by atoms with Crippen LogP contribution in [0, 0.1) is 11.7 Å². The van der Waals surface area contributed by atoms with E-state index in [2.05, 4.69) is 12.2 Å². The third-order valence-electron chi connectivity index (χ3n) is 3.88. The Kier molecular flexibility index (Phi) is 5.80. The Morgan fingerprint density at radius 1 is 1.40 bits per heavy atom. The molecule has 1 saturated heterocycles. The average molecular weight is 281 g/mol. The maximum atomic E-state index is 13.6. The molecule has 0 amide bonds. The minimum atomic E-state index is -0.212. The van der Waals surface area contributed by atoms with Crippen LogP contribution in [0.4, 0.5) is 4.39 Å². The number of nitrogens with one attached hydrogen (secondary N) is 1. The minimum absolute atomic E-state index is 0.129. The molecule has 3 nitrogen and oxygen atoms in total. The van der Waals surface area contributed by atoms with E-state index < -0.39 is 0 Å². The fraction of sp³-hybridized carbons (Fsp3) is 0.625. The SMILES string of the molecule is CCCNC(c1cc(F)ccc1OC)C1CCOCC1. The molecule has 0 radical (unpaired) electrons. The van der Waals surface area contributed by atoms with E-state index in [-0.39, 0.29) is 11.9 Å². The standard InChI is InChI=1S/C16H24FNO2/c1-3-8-18-16(12-6-9-20-10-7-12)14-11-13(17)4-5-15(14)19-2/h4-5,11-12,16,18H,3,6-10H2,1-2H3. The monoisotopic (exact) mass is 281 g/mol. The molecule has 0 bridgehead atoms. The number of rotatable bonds is 6. The second-order valence-electron chi connectivity index (χ2n) is 5.27. The molecular weight excluding hydrogens is 257 g/mol. The van der Waals surface area contributed by atoms with Gasteiger partial charge in [0.15, 0.2) is 0 Å². The first-order valence-electron chi connectivity index (χ1n) is 7.40. The number of methoxy groups -OCH3 is 1. The van der Waals surface area contributed by atoms with Gasteiger partial charge in [0.25, 0.3) is 0 Å². The summed E-state index contributed by atoms with van der Waals surface area (Å²) < 4.78 is 24.5. The van der Waals surface area contributed by atoms with E-state index in [1.165, 1.54) is 6.07 Å². The second kappa shape index (κ2) is 7.60. The second-order valence-corrected chi connectivity index (χ2v) is 5.27. The molecular formula is C16H24FNO2. The fourth-order valence-electron chi connectivity index (χ4n) is 2.83. The van der Waals surface area contributed by atoms with Gasteiger partial charge in [-0.3, -0.25) is 0 Å². The van der Waals surface area contributed by atoms with E-state index in [1.807, 2.05) is 0 Å². The Hall–Kier alpha value is -1.13. The van der Waals surface area contributed by atoms with Crippen molar-refractivity contribution in [2.24, 2.45) is 5.92 Å². The van der Waals surface area contributed by atoms with Gasteiger partial charge in [-0.15, -0.1) is 0 Å². The summed E-state index contributed by atoms with van der Waals surface area (Å²) in [5.41, 5.74) is 0.924. The van der Waals surface area contributed by atoms with Gasteiger partial charge in [-0.05, 0) is 49.9 Å². The predicted molar refractivity (Wildman–Crippen MR) is 77.5 cm³/mol. The largest absolute Gasteiger partial charge is 0.496 e. The molecule has 4 heteroatoms. The van der Waals surface area contributed by atoms with Crippen LogP contribution < -0.4 is 10.1 Å². The van der Waals surface area contributed by atoms with E-state index in [1.54, 1.807) is 19.2 Å². The van der Waals surface area contributed by atoms with Crippen molar-refractivity contribution in [2.45, 2.75) is 32.2 Å². The lowest BCUT2D eigenvalue weighted by Gasteiger charge is -2.32. The van der Waals surface area contributed by atoms with Gasteiger partial charge >= 0.3 is 0 Å². The lowest BCUT2D eigenvalue weighted by Crippen LogP contribution is -2.33. The summed E-state index contributed by atoms with van der Waals surface area (Å²) in [6.45, 7) is 4.62. The Bertz CT molecular complexity index is 419. The Morgan fingerprint density at radius 3 is 2.80 bits per heavy atom. The van der Waals surface area contributed by atoms with E-state index in [9.17, 15) is 4.39 Å². The smallest absolute Gasteiger partial charge is 0.123 e. The quantitative estimate of drug-likeness (QED) is 0.868. The highest BCUT2D eigenvalue weighted by Crippen LogP contribution is 2.35. The number of hydrogen-bond donors (Lipinski definition) is 1. The highest BCUT2D eigenvalue weighted by molar-refractivity contribution is 5.37. The van der Waals surface area contributed by atoms with Crippen LogP contribution in [0.1, 0.15) is 37.8 Å². The lowest BCUT2D eigenvalue weighted by molar-refractivity contribution is 0.0532. The van der Waals surface area contributed by atoms with Crippen molar-refractivity contribution in [3.05, 3.63) is 29.6 Å². The highest BCUT2D eigenvalue weighted by Gasteiger charge is 2.27. The summed E-state index contributed by atoms with van der Waals surface area (Å²) in [6, 6.07) is 4.89. The van der Waals surface area contributed by atoms with Crippen molar-refractivity contribution in [1.29, 1.82) is 0 Å². The zero-order valence-electron chi connectivity index (χ0n) is 12.3. The van der Waals surface area contributed by atoms with Crippen molar-refractivity contribution in [2.75, 3.05) is 26.9 Å². The third kappa shape index (κ3) is 3.70. The van der Waals surface area contributed by atoms with E-state index >= 15 is 0 Å². The summed E-state index contributed by atoms with van der Waals surface area (Å²) >= 11 is 0.